The van der Waals surface area contributed by atoms with Crippen molar-refractivity contribution in [1.29, 1.82) is 0 Å². The number of allylic oxidation sites excluding steroid dienone is 2. The largest absolute Gasteiger partial charge is 0.455 e. The number of aliphatic hydroxyl groups is 4. The number of H-pyrrole nitrogens is 2. The maximum absolute atomic E-state index is 12.7. The lowest BCUT2D eigenvalue weighted by molar-refractivity contribution is -0.205. The molecule has 6 rings (SSSR count). The third-order valence-corrected chi connectivity index (χ3v) is 12.2. The molecule has 54 heavy (non-hydrogen) atoms. The molecule has 0 aromatic carbocycles. The summed E-state index contributed by atoms with van der Waals surface area (Å²) in [6.45, 7) is 16.3. The number of carbonyl (C=O) groups excluding carboxylic acids is 1. The molecule has 1 unspecified atom stereocenters. The minimum atomic E-state index is -1.40. The minimum Gasteiger partial charge on any atom is -0.455 e. The van der Waals surface area contributed by atoms with Gasteiger partial charge in [0, 0.05) is 52.3 Å². The highest BCUT2D eigenvalue weighted by Gasteiger charge is 2.43. The highest BCUT2D eigenvalue weighted by molar-refractivity contribution is 7.99. The van der Waals surface area contributed by atoms with Crippen LogP contribution in [0.3, 0.4) is 0 Å². The summed E-state index contributed by atoms with van der Waals surface area (Å²) in [4.78, 5) is 30.2. The van der Waals surface area contributed by atoms with Gasteiger partial charge in [0.15, 0.2) is 6.10 Å². The quantitative estimate of drug-likeness (QED) is 0.0942. The number of rotatable bonds is 11. The van der Waals surface area contributed by atoms with E-state index in [2.05, 4.69) is 61.9 Å². The zero-order valence-corrected chi connectivity index (χ0v) is 33.2. The van der Waals surface area contributed by atoms with E-state index in [1.807, 2.05) is 20.8 Å². The first kappa shape index (κ1) is 40.1. The average molecular weight is 763 g/mol. The molecule has 0 spiro atoms. The molecule has 8 bridgehead atoms. The highest BCUT2D eigenvalue weighted by atomic mass is 32.2. The van der Waals surface area contributed by atoms with E-state index in [9.17, 15) is 25.2 Å². The van der Waals surface area contributed by atoms with Gasteiger partial charge in [0.2, 0.25) is 0 Å². The molecule has 1 fully saturated rings. The number of aliphatic hydroxyl groups excluding tert-OH is 4. The molecule has 1 saturated heterocycles. The summed E-state index contributed by atoms with van der Waals surface area (Å²) in [5, 5.41) is 40.2. The smallest absolute Gasteiger partial charge is 0.306 e. The van der Waals surface area contributed by atoms with Crippen LogP contribution in [0.1, 0.15) is 117 Å². The van der Waals surface area contributed by atoms with E-state index in [1.165, 1.54) is 17.3 Å². The normalized spacial score (nSPS) is 24.9. The second-order valence-electron chi connectivity index (χ2n) is 14.6. The van der Waals surface area contributed by atoms with Crippen LogP contribution in [-0.4, -0.2) is 95.1 Å². The van der Waals surface area contributed by atoms with Gasteiger partial charge in [-0.1, -0.05) is 20.8 Å². The Morgan fingerprint density at radius 1 is 0.926 bits per heavy atom. The zero-order valence-electron chi connectivity index (χ0n) is 32.4. The number of nitrogens with one attached hydrogen (secondary N) is 2. The second kappa shape index (κ2) is 16.7. The van der Waals surface area contributed by atoms with Crippen LogP contribution in [-0.2, 0) is 19.0 Å². The maximum atomic E-state index is 12.7. The first-order valence-electron chi connectivity index (χ1n) is 18.9. The van der Waals surface area contributed by atoms with Crippen molar-refractivity contribution >= 4 is 50.9 Å². The van der Waals surface area contributed by atoms with Crippen LogP contribution in [0.4, 0.5) is 0 Å². The second-order valence-corrected chi connectivity index (χ2v) is 15.8. The van der Waals surface area contributed by atoms with Gasteiger partial charge in [-0.3, -0.25) is 9.78 Å². The number of nitrogens with zero attached hydrogens (tertiary/aromatic N) is 2. The molecule has 13 heteroatoms. The standard InChI is InChI=1S/C41H54N4O8S/c1-9-25-20(4)28-17-32-35(24(8)51-12-11-13-54-41-39(50)38(49)37(48)33(18-46)52-41)21(5)29(44-32)16-30-23(7)40(53-34(47)10-2)36(45-30)22(6)27-14-19(3)26(42-27)15-31(25)43-28/h14-17,23-24,33,37-42,44,46,48-50H,9-13,18H2,1-8H3/t23-,24?,33+,37+,38-,39+,40-,41-/m0/s1. The van der Waals surface area contributed by atoms with Crippen molar-refractivity contribution in [1.82, 2.24) is 19.9 Å². The fourth-order valence-electron chi connectivity index (χ4n) is 7.60. The number of hydrogen-bond donors (Lipinski definition) is 6. The number of carbonyl (C=O) groups is 1. The van der Waals surface area contributed by atoms with Crippen LogP contribution in [0.5, 0.6) is 0 Å². The van der Waals surface area contributed by atoms with Gasteiger partial charge in [-0.2, -0.15) is 0 Å². The molecule has 0 saturated carbocycles. The van der Waals surface area contributed by atoms with E-state index in [4.69, 9.17) is 24.2 Å². The number of fused-ring (bicyclic) bond motifs is 8. The molecule has 292 valence electrons. The Bertz CT molecular complexity index is 2070. The lowest BCUT2D eigenvalue weighted by atomic mass is 9.99. The monoisotopic (exact) mass is 762 g/mol. The molecule has 3 aliphatic heterocycles. The fourth-order valence-corrected chi connectivity index (χ4v) is 8.70. The van der Waals surface area contributed by atoms with Gasteiger partial charge in [0.1, 0.15) is 29.9 Å². The van der Waals surface area contributed by atoms with Gasteiger partial charge in [0.05, 0.1) is 29.8 Å². The number of aromatic amines is 2. The number of aromatic nitrogens is 4. The minimum absolute atomic E-state index is 0.190. The Morgan fingerprint density at radius 2 is 1.63 bits per heavy atom. The van der Waals surface area contributed by atoms with E-state index >= 15 is 0 Å². The number of hydrogen-bond acceptors (Lipinski definition) is 11. The summed E-state index contributed by atoms with van der Waals surface area (Å²) in [5.41, 5.74) is 12.5. The molecular weight excluding hydrogens is 709 g/mol. The van der Waals surface area contributed by atoms with E-state index in [1.54, 1.807) is 6.92 Å². The van der Waals surface area contributed by atoms with Crippen LogP contribution in [0.25, 0.3) is 33.2 Å². The first-order chi connectivity index (χ1) is 25.8. The lowest BCUT2D eigenvalue weighted by Gasteiger charge is -2.39. The number of aryl methyl sites for hydroxylation is 3. The molecule has 3 aromatic rings. The summed E-state index contributed by atoms with van der Waals surface area (Å²) in [5.74, 6) is 0.0994. The molecule has 8 atom stereocenters. The van der Waals surface area contributed by atoms with Crippen LogP contribution in [0, 0.1) is 20.8 Å². The van der Waals surface area contributed by atoms with Gasteiger partial charge in [0.25, 0.3) is 0 Å². The third-order valence-electron chi connectivity index (χ3n) is 11.0. The Balaban J connectivity index is 1.39. The van der Waals surface area contributed by atoms with Crippen LogP contribution in [0.2, 0.25) is 0 Å². The summed E-state index contributed by atoms with van der Waals surface area (Å²) in [6, 6.07) is 8.38. The van der Waals surface area contributed by atoms with Crippen molar-refractivity contribution < 1.29 is 39.4 Å². The molecule has 0 amide bonds. The fraction of sp³-hybridized carbons (Fsp3) is 0.537. The number of ether oxygens (including phenoxy) is 3. The van der Waals surface area contributed by atoms with Crippen LogP contribution < -0.4 is 0 Å². The Morgan fingerprint density at radius 3 is 2.33 bits per heavy atom. The Hall–Kier alpha value is -3.56. The van der Waals surface area contributed by atoms with Crippen molar-refractivity contribution in [3.8, 4) is 0 Å². The summed E-state index contributed by atoms with van der Waals surface area (Å²) in [7, 11) is 0. The summed E-state index contributed by atoms with van der Waals surface area (Å²) in [6.07, 6.45) is -4.10. The lowest BCUT2D eigenvalue weighted by Crippen LogP contribution is -2.57. The average Bonchev–Trinajstić information content (AvgIpc) is 3.85. The summed E-state index contributed by atoms with van der Waals surface area (Å²) < 4.78 is 18.1. The van der Waals surface area contributed by atoms with Crippen molar-refractivity contribution in [3.05, 3.63) is 69.3 Å². The summed E-state index contributed by atoms with van der Waals surface area (Å²) >= 11 is 1.31. The molecule has 6 heterocycles. The Kier molecular flexibility index (Phi) is 12.4. The molecule has 0 aliphatic carbocycles. The maximum Gasteiger partial charge on any atom is 0.306 e. The van der Waals surface area contributed by atoms with Gasteiger partial charge < -0.3 is 44.6 Å². The van der Waals surface area contributed by atoms with Gasteiger partial charge in [-0.25, -0.2) is 4.98 Å². The predicted octanol–water partition coefficient (Wildman–Crippen LogP) is 6.38. The van der Waals surface area contributed by atoms with Crippen molar-refractivity contribution in [2.45, 2.75) is 123 Å². The van der Waals surface area contributed by atoms with E-state index < -0.39 is 42.6 Å². The topological polar surface area (TPSA) is 183 Å². The van der Waals surface area contributed by atoms with E-state index in [0.29, 0.717) is 18.8 Å². The predicted molar refractivity (Wildman–Crippen MR) is 211 cm³/mol. The van der Waals surface area contributed by atoms with Crippen molar-refractivity contribution in [3.63, 3.8) is 0 Å². The number of thioether (sulfide) groups is 1. The van der Waals surface area contributed by atoms with Crippen LogP contribution in [0.15, 0.2) is 24.3 Å². The molecule has 0 radical (unpaired) electrons. The molecule has 3 aliphatic rings. The Labute approximate surface area is 320 Å². The SMILES string of the molecule is CCC(=O)O[C@@H]1c2nc(cc3[nH]c(cc4nc(cc5[nH]c(cc5C)c2C)C(CC)=C4C)c(C(C)OCCCS[C@@H]2O[C@H](CO)[C@@H](O)[C@H](O)[C@H]2O)c3C)[C@@H]1C. The van der Waals surface area contributed by atoms with Crippen LogP contribution >= 0.6 is 11.8 Å². The molecular formula is C41H54N4O8S. The highest BCUT2D eigenvalue weighted by Crippen LogP contribution is 2.41. The van der Waals surface area contributed by atoms with Gasteiger partial charge in [-0.15, -0.1) is 11.8 Å². The number of esters is 1. The first-order valence-corrected chi connectivity index (χ1v) is 20.0. The molecule has 12 nitrogen and oxygen atoms in total. The van der Waals surface area contributed by atoms with Crippen molar-refractivity contribution in [2.75, 3.05) is 19.0 Å². The van der Waals surface area contributed by atoms with Gasteiger partial charge >= 0.3 is 5.97 Å². The van der Waals surface area contributed by atoms with Crippen molar-refractivity contribution in [2.24, 2.45) is 0 Å². The van der Waals surface area contributed by atoms with Gasteiger partial charge in [-0.05, 0) is 105 Å². The zero-order chi connectivity index (χ0) is 39.0. The molecule has 3 aromatic heterocycles. The third kappa shape index (κ3) is 7.77. The van der Waals surface area contributed by atoms with E-state index in [-0.39, 0.29) is 24.4 Å². The van der Waals surface area contributed by atoms with E-state index in [0.717, 1.165) is 79.1 Å². The molecule has 6 N–H and O–H groups in total.